The molecule has 4 nitrogen and oxygen atoms in total. The van der Waals surface area contributed by atoms with Gasteiger partial charge in [-0.15, -0.1) is 0 Å². The molecule has 74 heavy (non-hydrogen) atoms. The summed E-state index contributed by atoms with van der Waals surface area (Å²) in [7, 11) is 19.6. The van der Waals surface area contributed by atoms with Crippen molar-refractivity contribution >= 4 is 37.2 Å². The maximum atomic E-state index is 11.1. The van der Waals surface area contributed by atoms with Gasteiger partial charge < -0.3 is 25.1 Å². The van der Waals surface area contributed by atoms with Crippen molar-refractivity contribution in [2.24, 2.45) is 59.2 Å². The Morgan fingerprint density at radius 3 is 0.716 bits per heavy atom. The third-order valence-corrected chi connectivity index (χ3v) is 17.3. The zero-order chi connectivity index (χ0) is 54.6. The van der Waals surface area contributed by atoms with E-state index < -0.39 is 34.1 Å². The predicted octanol–water partition coefficient (Wildman–Crippen LogP) is 20.3. The van der Waals surface area contributed by atoms with E-state index in [2.05, 4.69) is 219 Å². The number of rotatable bonds is 15. The molecule has 0 heterocycles. The molecule has 2 fully saturated rings. The quantitative estimate of drug-likeness (QED) is 0.0920. The molecule has 4 aromatic rings. The van der Waals surface area contributed by atoms with Crippen LogP contribution in [-0.4, -0.2) is 33.1 Å². The number of nitrogens with zero attached hydrogens (tertiary/aromatic N) is 2. The Hall–Kier alpha value is -1.01. The Labute approximate surface area is 489 Å². The van der Waals surface area contributed by atoms with Gasteiger partial charge in [-0.05, 0) is 127 Å². The first-order valence-corrected chi connectivity index (χ1v) is 35.6. The van der Waals surface area contributed by atoms with Crippen molar-refractivity contribution in [2.45, 2.75) is 174 Å². The number of hydrogen-bond donors (Lipinski definition) is 2. The molecular formula is C64H102Cl4N2O2Ti2-2. The molecule has 10 heteroatoms. The SMILES string of the molecule is CC(C)c1cc(CN(CCN(Cc2ccccc2)Cc2cc(C(C)C)c(O)c(C(C)C)c2)Cc2ccccc2)cc(C(C)C)c1O.CC1C(C)C(C)C(C)C1C.CC1C(C)C(C)C(C)C1C.[CH3-].[CH3-].[Cl][Ti][Cl].[Cl][Ti][Cl]. The van der Waals surface area contributed by atoms with Crippen molar-refractivity contribution in [2.75, 3.05) is 13.1 Å². The first-order chi connectivity index (χ1) is 33.9. The van der Waals surface area contributed by atoms with E-state index in [0.29, 0.717) is 11.5 Å². The van der Waals surface area contributed by atoms with E-state index >= 15 is 0 Å². The molecule has 0 amide bonds. The van der Waals surface area contributed by atoms with E-state index in [9.17, 15) is 10.2 Å². The predicted molar refractivity (Wildman–Crippen MR) is 322 cm³/mol. The van der Waals surface area contributed by atoms with Crippen molar-refractivity contribution in [1.29, 1.82) is 0 Å². The molecule has 0 unspecified atom stereocenters. The summed E-state index contributed by atoms with van der Waals surface area (Å²) in [6, 6.07) is 30.3. The molecule has 2 saturated carbocycles. The van der Waals surface area contributed by atoms with Crippen molar-refractivity contribution in [3.05, 3.63) is 144 Å². The molecule has 0 aromatic heterocycles. The Morgan fingerprint density at radius 2 is 0.541 bits per heavy atom. The van der Waals surface area contributed by atoms with E-state index in [1.165, 1.54) is 22.3 Å². The average molecular weight is 1170 g/mol. The van der Waals surface area contributed by atoms with Crippen LogP contribution in [-0.2, 0) is 60.2 Å². The summed E-state index contributed by atoms with van der Waals surface area (Å²) >= 11 is -1.11. The van der Waals surface area contributed by atoms with Crippen LogP contribution in [0.15, 0.2) is 84.9 Å². The van der Waals surface area contributed by atoms with Gasteiger partial charge in [0.1, 0.15) is 11.5 Å². The monoisotopic (exact) mass is 1170 g/mol. The van der Waals surface area contributed by atoms with Gasteiger partial charge in [-0.1, -0.05) is 210 Å². The topological polar surface area (TPSA) is 46.9 Å². The van der Waals surface area contributed by atoms with E-state index in [0.717, 1.165) is 121 Å². The Bertz CT molecular complexity index is 1810. The van der Waals surface area contributed by atoms with E-state index in [1.54, 1.807) is 0 Å². The van der Waals surface area contributed by atoms with Crippen LogP contribution in [0.4, 0.5) is 0 Å². The van der Waals surface area contributed by atoms with Crippen molar-refractivity contribution in [3.8, 4) is 11.5 Å². The number of aromatic hydroxyl groups is 2. The van der Waals surface area contributed by atoms with Gasteiger partial charge in [0.2, 0.25) is 0 Å². The molecular weight excluding hydrogens is 1070 g/mol. The standard InChI is InChI=1S/C42H56N2O2.2C10H20.2CH3.4ClH.2Ti/c1-29(2)37-21-35(22-38(30(3)4)41(37)45)27-43(25-33-15-11-9-12-16-33)19-20-44(26-34-17-13-10-14-18-34)28-36-23-39(31(5)6)42(46)40(24-36)32(7)8;2*1-6-7(2)9(4)10(5)8(6)3;;;;;;;;/h9-18,21-24,29-32,45-46H,19-20,25-28H2,1-8H3;2*6-10H,1-5H3;2*1H3;4*1H;;/q;;;2*-1;;;;;2*+2/p-4. The van der Waals surface area contributed by atoms with E-state index in [1.807, 2.05) is 0 Å². The summed E-state index contributed by atoms with van der Waals surface area (Å²) in [6.07, 6.45) is 0. The second kappa shape index (κ2) is 37.0. The van der Waals surface area contributed by atoms with Crippen LogP contribution >= 0.6 is 37.2 Å². The van der Waals surface area contributed by atoms with Crippen LogP contribution in [0.25, 0.3) is 0 Å². The molecule has 0 spiro atoms. The van der Waals surface area contributed by atoms with Crippen molar-refractivity contribution in [1.82, 2.24) is 9.80 Å². The normalized spacial score (nSPS) is 22.9. The van der Waals surface area contributed by atoms with Crippen LogP contribution in [0.2, 0.25) is 0 Å². The number of hydrogen-bond acceptors (Lipinski definition) is 4. The van der Waals surface area contributed by atoms with Crippen LogP contribution < -0.4 is 0 Å². The minimum atomic E-state index is -0.556. The number of phenols is 2. The van der Waals surface area contributed by atoms with E-state index in [4.69, 9.17) is 37.2 Å². The third kappa shape index (κ3) is 22.6. The fourth-order valence-electron chi connectivity index (χ4n) is 11.1. The zero-order valence-electron chi connectivity index (χ0n) is 49.7. The Balaban J connectivity index is 0.00000155. The summed E-state index contributed by atoms with van der Waals surface area (Å²) in [6.45, 7) is 46.3. The molecule has 0 bridgehead atoms. The van der Waals surface area contributed by atoms with Crippen molar-refractivity contribution < 1.29 is 44.3 Å². The Kier molecular flexibility index (Phi) is 36.5. The molecule has 2 N–H and O–H groups in total. The van der Waals surface area contributed by atoms with Crippen LogP contribution in [0.5, 0.6) is 11.5 Å². The third-order valence-electron chi connectivity index (χ3n) is 17.3. The van der Waals surface area contributed by atoms with Gasteiger partial charge in [0.15, 0.2) is 0 Å². The molecule has 6 rings (SSSR count). The zero-order valence-corrected chi connectivity index (χ0v) is 55.9. The van der Waals surface area contributed by atoms with Gasteiger partial charge in [0, 0.05) is 39.3 Å². The summed E-state index contributed by atoms with van der Waals surface area (Å²) < 4.78 is 0. The molecule has 0 saturated heterocycles. The van der Waals surface area contributed by atoms with Gasteiger partial charge in [-0.2, -0.15) is 0 Å². The number of benzene rings is 4. The Morgan fingerprint density at radius 1 is 0.365 bits per heavy atom. The summed E-state index contributed by atoms with van der Waals surface area (Å²) in [4.78, 5) is 5.09. The first kappa shape index (κ1) is 73.0. The number of halogens is 4. The molecule has 0 atom stereocenters. The molecule has 0 radical (unpaired) electrons. The fourth-order valence-corrected chi connectivity index (χ4v) is 11.1. The minimum absolute atomic E-state index is 0. The molecule has 4 aromatic carbocycles. The maximum absolute atomic E-state index is 11.1. The van der Waals surface area contributed by atoms with Crippen molar-refractivity contribution in [3.63, 3.8) is 0 Å². The van der Waals surface area contributed by atoms with Crippen LogP contribution in [0.1, 0.15) is 193 Å². The average Bonchev–Trinajstić information content (AvgIpc) is 3.61. The van der Waals surface area contributed by atoms with Gasteiger partial charge in [-0.25, -0.2) is 0 Å². The van der Waals surface area contributed by atoms with Crippen LogP contribution in [0.3, 0.4) is 0 Å². The summed E-state index contributed by atoms with van der Waals surface area (Å²) in [5.41, 5.74) is 9.20. The summed E-state index contributed by atoms with van der Waals surface area (Å²) in [5.74, 6) is 11.2. The second-order valence-corrected chi connectivity index (χ2v) is 28.1. The van der Waals surface area contributed by atoms with Crippen LogP contribution in [0, 0.1) is 74.0 Å². The molecule has 418 valence electrons. The second-order valence-electron chi connectivity index (χ2n) is 23.0. The van der Waals surface area contributed by atoms with Gasteiger partial charge in [0.25, 0.3) is 0 Å². The molecule has 0 aliphatic heterocycles. The van der Waals surface area contributed by atoms with E-state index in [-0.39, 0.29) is 38.5 Å². The fraction of sp³-hybridized carbons (Fsp3) is 0.594. The summed E-state index contributed by atoms with van der Waals surface area (Å²) in [5, 5.41) is 22.1. The first-order valence-electron chi connectivity index (χ1n) is 27.0. The molecule has 2 aliphatic rings. The molecule has 2 aliphatic carbocycles. The van der Waals surface area contributed by atoms with Gasteiger partial charge >= 0.3 is 71.3 Å². The number of phenolic OH excluding ortho intramolecular Hbond substituents is 2. The van der Waals surface area contributed by atoms with Gasteiger partial charge in [0.05, 0.1) is 0 Å². The van der Waals surface area contributed by atoms with Gasteiger partial charge in [-0.3, -0.25) is 9.80 Å².